The van der Waals surface area contributed by atoms with Crippen LogP contribution >= 0.6 is 7.60 Å². The Bertz CT molecular complexity index is 857. The van der Waals surface area contributed by atoms with Gasteiger partial charge in [-0.25, -0.2) is 0 Å². The van der Waals surface area contributed by atoms with Crippen LogP contribution in [-0.4, -0.2) is 24.8 Å². The highest BCUT2D eigenvalue weighted by Gasteiger charge is 2.39. The highest BCUT2D eigenvalue weighted by Crippen LogP contribution is 2.61. The van der Waals surface area contributed by atoms with Gasteiger partial charge in [-0.1, -0.05) is 48.5 Å². The summed E-state index contributed by atoms with van der Waals surface area (Å²) in [6, 6.07) is 16.4. The standard InChI is InChI=1S/C19H21N2O4P/c1-3-24-26(23,25-4-2)19(14-10-6-5-7-11-14)21-17-15-12-8-9-13-16(15)20-18(17)22/h5-13,19H,3-4H2,1-2H3,(H,20,21,22)/t19-/m1/s1. The molecule has 0 saturated carbocycles. The first-order valence-corrected chi connectivity index (χ1v) is 10.1. The number of carbonyl (C=O) groups excluding carboxylic acids is 1. The van der Waals surface area contributed by atoms with E-state index in [0.717, 1.165) is 0 Å². The number of hydrogen-bond acceptors (Lipinski definition) is 5. The summed E-state index contributed by atoms with van der Waals surface area (Å²) in [4.78, 5) is 17.0. The van der Waals surface area contributed by atoms with E-state index in [-0.39, 0.29) is 24.8 Å². The number of amides is 1. The fourth-order valence-corrected chi connectivity index (χ4v) is 4.72. The number of hydrogen-bond donors (Lipinski definition) is 1. The maximum absolute atomic E-state index is 13.4. The van der Waals surface area contributed by atoms with Gasteiger partial charge in [0.05, 0.1) is 18.9 Å². The van der Waals surface area contributed by atoms with Crippen LogP contribution in [0.15, 0.2) is 59.6 Å². The summed E-state index contributed by atoms with van der Waals surface area (Å²) in [5, 5.41) is 2.78. The van der Waals surface area contributed by atoms with E-state index in [1.807, 2.05) is 30.3 Å². The number of fused-ring (bicyclic) bond motifs is 1. The van der Waals surface area contributed by atoms with Crippen molar-refractivity contribution in [2.24, 2.45) is 4.99 Å². The highest BCUT2D eigenvalue weighted by atomic mass is 31.2. The van der Waals surface area contributed by atoms with Crippen molar-refractivity contribution in [3.05, 3.63) is 65.7 Å². The number of anilines is 1. The van der Waals surface area contributed by atoms with Gasteiger partial charge in [-0.15, -0.1) is 0 Å². The summed E-state index contributed by atoms with van der Waals surface area (Å²) in [5.74, 6) is -1.25. The Labute approximate surface area is 152 Å². The average molecular weight is 372 g/mol. The molecule has 0 aliphatic carbocycles. The van der Waals surface area contributed by atoms with E-state index in [9.17, 15) is 9.36 Å². The first-order valence-electron chi connectivity index (χ1n) is 8.51. The molecule has 0 aromatic heterocycles. The molecule has 136 valence electrons. The molecule has 0 saturated heterocycles. The lowest BCUT2D eigenvalue weighted by Crippen LogP contribution is -2.17. The third-order valence-corrected chi connectivity index (χ3v) is 6.16. The lowest BCUT2D eigenvalue weighted by molar-refractivity contribution is -0.110. The predicted octanol–water partition coefficient (Wildman–Crippen LogP) is 4.39. The first-order chi connectivity index (χ1) is 12.6. The molecule has 3 rings (SSSR count). The number of para-hydroxylation sites is 1. The zero-order valence-electron chi connectivity index (χ0n) is 14.7. The van der Waals surface area contributed by atoms with E-state index in [0.29, 0.717) is 16.8 Å². The molecule has 0 unspecified atom stereocenters. The summed E-state index contributed by atoms with van der Waals surface area (Å²) in [6.07, 6.45) is 0. The van der Waals surface area contributed by atoms with E-state index in [1.54, 1.807) is 38.1 Å². The third-order valence-electron chi connectivity index (χ3n) is 3.91. The second kappa shape index (κ2) is 7.96. The van der Waals surface area contributed by atoms with Gasteiger partial charge in [-0.05, 0) is 25.5 Å². The van der Waals surface area contributed by atoms with Crippen molar-refractivity contribution in [1.82, 2.24) is 0 Å². The molecule has 1 N–H and O–H groups in total. The molecule has 1 aliphatic heterocycles. The molecule has 1 aliphatic rings. The molecule has 1 amide bonds. The van der Waals surface area contributed by atoms with Crippen LogP contribution in [0.5, 0.6) is 0 Å². The second-order valence-corrected chi connectivity index (χ2v) is 7.72. The van der Waals surface area contributed by atoms with Crippen molar-refractivity contribution in [3.8, 4) is 0 Å². The maximum Gasteiger partial charge on any atom is 0.359 e. The van der Waals surface area contributed by atoms with Crippen molar-refractivity contribution in [1.29, 1.82) is 0 Å². The molecule has 0 radical (unpaired) electrons. The zero-order valence-corrected chi connectivity index (χ0v) is 15.6. The van der Waals surface area contributed by atoms with Crippen molar-refractivity contribution in [2.75, 3.05) is 18.5 Å². The molecule has 0 fully saturated rings. The Morgan fingerprint density at radius 2 is 1.62 bits per heavy atom. The zero-order chi connectivity index (χ0) is 18.6. The summed E-state index contributed by atoms with van der Waals surface area (Å²) >= 11 is 0. The van der Waals surface area contributed by atoms with E-state index in [1.165, 1.54) is 0 Å². The lowest BCUT2D eigenvalue weighted by atomic mass is 10.1. The summed E-state index contributed by atoms with van der Waals surface area (Å²) in [5.41, 5.74) is 2.26. The minimum absolute atomic E-state index is 0.217. The average Bonchev–Trinajstić information content (AvgIpc) is 2.96. The van der Waals surface area contributed by atoms with Crippen LogP contribution in [0.25, 0.3) is 0 Å². The van der Waals surface area contributed by atoms with E-state index >= 15 is 0 Å². The van der Waals surface area contributed by atoms with Gasteiger partial charge in [-0.2, -0.15) is 0 Å². The van der Waals surface area contributed by atoms with Crippen molar-refractivity contribution >= 4 is 24.9 Å². The summed E-state index contributed by atoms with van der Waals surface area (Å²) < 4.78 is 24.5. The molecular formula is C19H21N2O4P. The fraction of sp³-hybridized carbons (Fsp3) is 0.263. The number of nitrogens with one attached hydrogen (secondary N) is 1. The van der Waals surface area contributed by atoms with Gasteiger partial charge in [0, 0.05) is 5.56 Å². The summed E-state index contributed by atoms with van der Waals surface area (Å²) in [7, 11) is -3.61. The van der Waals surface area contributed by atoms with Crippen LogP contribution in [0.3, 0.4) is 0 Å². The topological polar surface area (TPSA) is 77.0 Å². The number of nitrogens with zero attached hydrogens (tertiary/aromatic N) is 1. The summed E-state index contributed by atoms with van der Waals surface area (Å²) in [6.45, 7) is 3.93. The van der Waals surface area contributed by atoms with Crippen LogP contribution in [0.1, 0.15) is 30.8 Å². The van der Waals surface area contributed by atoms with E-state index in [2.05, 4.69) is 10.3 Å². The second-order valence-electron chi connectivity index (χ2n) is 5.64. The minimum atomic E-state index is -3.61. The third kappa shape index (κ3) is 3.63. The van der Waals surface area contributed by atoms with Crippen molar-refractivity contribution in [3.63, 3.8) is 0 Å². The molecule has 2 aromatic rings. The highest BCUT2D eigenvalue weighted by molar-refractivity contribution is 7.54. The fourth-order valence-electron chi connectivity index (χ4n) is 2.84. The van der Waals surface area contributed by atoms with Crippen LogP contribution in [-0.2, 0) is 18.4 Å². The predicted molar refractivity (Wildman–Crippen MR) is 102 cm³/mol. The molecule has 7 heteroatoms. The van der Waals surface area contributed by atoms with Gasteiger partial charge in [0.25, 0.3) is 5.91 Å². The van der Waals surface area contributed by atoms with Crippen LogP contribution < -0.4 is 5.32 Å². The number of benzene rings is 2. The molecule has 1 atom stereocenters. The van der Waals surface area contributed by atoms with Crippen LogP contribution in [0, 0.1) is 0 Å². The Hall–Kier alpha value is -2.27. The normalized spacial score (nSPS) is 16.4. The Morgan fingerprint density at radius 1 is 1.00 bits per heavy atom. The Kier molecular flexibility index (Phi) is 5.67. The Balaban J connectivity index is 2.13. The largest absolute Gasteiger partial charge is 0.359 e. The molecular weight excluding hydrogens is 351 g/mol. The SMILES string of the molecule is CCOP(=O)(OCC)[C@@H](/N=C1\C(=O)Nc2ccccc21)c1ccccc1. The van der Waals surface area contributed by atoms with Crippen LogP contribution in [0.2, 0.25) is 0 Å². The van der Waals surface area contributed by atoms with E-state index < -0.39 is 13.4 Å². The molecule has 1 heterocycles. The smallest absolute Gasteiger partial charge is 0.320 e. The van der Waals surface area contributed by atoms with Gasteiger partial charge < -0.3 is 14.4 Å². The van der Waals surface area contributed by atoms with Gasteiger partial charge in [0.15, 0.2) is 5.78 Å². The molecule has 2 aromatic carbocycles. The Morgan fingerprint density at radius 3 is 2.27 bits per heavy atom. The maximum atomic E-state index is 13.4. The number of rotatable bonds is 7. The molecule has 6 nitrogen and oxygen atoms in total. The van der Waals surface area contributed by atoms with Gasteiger partial charge in [0.1, 0.15) is 5.71 Å². The molecule has 26 heavy (non-hydrogen) atoms. The quantitative estimate of drug-likeness (QED) is 0.731. The monoisotopic (exact) mass is 372 g/mol. The van der Waals surface area contributed by atoms with Gasteiger partial charge in [0.2, 0.25) is 0 Å². The minimum Gasteiger partial charge on any atom is -0.320 e. The van der Waals surface area contributed by atoms with Crippen molar-refractivity contribution < 1.29 is 18.4 Å². The molecule has 0 spiro atoms. The van der Waals surface area contributed by atoms with Gasteiger partial charge in [-0.3, -0.25) is 14.4 Å². The number of carbonyl (C=O) groups is 1. The number of aliphatic imine (C=N–C) groups is 1. The lowest BCUT2D eigenvalue weighted by Gasteiger charge is -2.24. The first kappa shape index (κ1) is 18.5. The van der Waals surface area contributed by atoms with Crippen LogP contribution in [0.4, 0.5) is 5.69 Å². The van der Waals surface area contributed by atoms with E-state index in [4.69, 9.17) is 9.05 Å². The van der Waals surface area contributed by atoms with Gasteiger partial charge >= 0.3 is 7.60 Å². The van der Waals surface area contributed by atoms with Crippen molar-refractivity contribution in [2.45, 2.75) is 19.6 Å². The molecule has 0 bridgehead atoms.